The van der Waals surface area contributed by atoms with E-state index < -0.39 is 0 Å². The molecule has 0 fully saturated rings. The Morgan fingerprint density at radius 1 is 1.33 bits per heavy atom. The van der Waals surface area contributed by atoms with Crippen LogP contribution in [0.2, 0.25) is 0 Å². The minimum absolute atomic E-state index is 0.283. The maximum absolute atomic E-state index is 10.8. The van der Waals surface area contributed by atoms with Crippen LogP contribution in [0, 0.1) is 0 Å². The van der Waals surface area contributed by atoms with Gasteiger partial charge in [0.1, 0.15) is 0 Å². The van der Waals surface area contributed by atoms with E-state index in [1.54, 1.807) is 0 Å². The molecule has 0 aliphatic carbocycles. The largest absolute Gasteiger partial charge is 0.381 e. The van der Waals surface area contributed by atoms with Crippen molar-refractivity contribution in [3.05, 3.63) is 0 Å². The molecule has 0 spiro atoms. The normalized spacial score (nSPS) is 10.2. The van der Waals surface area contributed by atoms with Crippen LogP contribution in [0.15, 0.2) is 0 Å². The third kappa shape index (κ3) is 8.08. The van der Waals surface area contributed by atoms with Crippen molar-refractivity contribution in [1.29, 1.82) is 0 Å². The first-order valence-electron chi connectivity index (χ1n) is 4.54. The summed E-state index contributed by atoms with van der Waals surface area (Å²) in [5.41, 5.74) is 0. The molecule has 3 heteroatoms. The van der Waals surface area contributed by atoms with Gasteiger partial charge in [0.05, 0.1) is 0 Å². The standard InChI is InChI=1S/C9H18O2S/c1-3-6-11-7-5-8-12-9(10)4-2/h3-8H2,1-2H3. The molecule has 0 aliphatic heterocycles. The summed E-state index contributed by atoms with van der Waals surface area (Å²) in [6.45, 7) is 5.61. The zero-order valence-electron chi connectivity index (χ0n) is 7.97. The number of ether oxygens (including phenoxy) is 1. The first-order valence-corrected chi connectivity index (χ1v) is 5.53. The Kier molecular flexibility index (Phi) is 9.06. The average molecular weight is 190 g/mol. The lowest BCUT2D eigenvalue weighted by Gasteiger charge is -2.00. The molecule has 0 aromatic rings. The first kappa shape index (κ1) is 12.0. The lowest BCUT2D eigenvalue weighted by Crippen LogP contribution is -1.98. The highest BCUT2D eigenvalue weighted by Gasteiger charge is 1.97. The highest BCUT2D eigenvalue weighted by atomic mass is 32.2. The fourth-order valence-corrected chi connectivity index (χ4v) is 1.39. The SMILES string of the molecule is CCCOCCCSC(=O)CC. The van der Waals surface area contributed by atoms with Gasteiger partial charge >= 0.3 is 0 Å². The monoisotopic (exact) mass is 190 g/mol. The van der Waals surface area contributed by atoms with Crippen molar-refractivity contribution < 1.29 is 9.53 Å². The summed E-state index contributed by atoms with van der Waals surface area (Å²) in [6.07, 6.45) is 2.69. The van der Waals surface area contributed by atoms with Crippen molar-refractivity contribution in [2.45, 2.75) is 33.1 Å². The second kappa shape index (κ2) is 9.07. The summed E-state index contributed by atoms with van der Waals surface area (Å²) in [7, 11) is 0. The lowest BCUT2D eigenvalue weighted by atomic mass is 10.5. The van der Waals surface area contributed by atoms with E-state index in [2.05, 4.69) is 6.92 Å². The number of thioether (sulfide) groups is 1. The molecule has 12 heavy (non-hydrogen) atoms. The van der Waals surface area contributed by atoms with E-state index in [0.29, 0.717) is 6.42 Å². The Hall–Kier alpha value is -0.0200. The topological polar surface area (TPSA) is 26.3 Å². The van der Waals surface area contributed by atoms with E-state index in [0.717, 1.165) is 31.8 Å². The molecule has 0 saturated carbocycles. The van der Waals surface area contributed by atoms with Crippen LogP contribution in [0.1, 0.15) is 33.1 Å². The molecular formula is C9H18O2S. The van der Waals surface area contributed by atoms with Gasteiger partial charge in [-0.15, -0.1) is 0 Å². The van der Waals surface area contributed by atoms with Gasteiger partial charge in [0.25, 0.3) is 0 Å². The molecule has 2 nitrogen and oxygen atoms in total. The summed E-state index contributed by atoms with van der Waals surface area (Å²) in [5.74, 6) is 0.899. The van der Waals surface area contributed by atoms with Crippen molar-refractivity contribution in [1.82, 2.24) is 0 Å². The molecule has 0 heterocycles. The van der Waals surface area contributed by atoms with Gasteiger partial charge in [0.15, 0.2) is 5.12 Å². The van der Waals surface area contributed by atoms with E-state index in [1.165, 1.54) is 11.8 Å². The van der Waals surface area contributed by atoms with Gasteiger partial charge in [0, 0.05) is 25.4 Å². The van der Waals surface area contributed by atoms with Gasteiger partial charge in [0.2, 0.25) is 0 Å². The van der Waals surface area contributed by atoms with E-state index >= 15 is 0 Å². The Morgan fingerprint density at radius 3 is 2.67 bits per heavy atom. The third-order valence-corrected chi connectivity index (χ3v) is 2.44. The van der Waals surface area contributed by atoms with Crippen LogP contribution in [0.5, 0.6) is 0 Å². The van der Waals surface area contributed by atoms with Gasteiger partial charge in [-0.1, -0.05) is 25.6 Å². The Morgan fingerprint density at radius 2 is 2.08 bits per heavy atom. The summed E-state index contributed by atoms with van der Waals surface area (Å²) < 4.78 is 5.27. The van der Waals surface area contributed by atoms with Crippen LogP contribution in [0.25, 0.3) is 0 Å². The molecule has 0 bridgehead atoms. The number of carbonyl (C=O) groups is 1. The van der Waals surface area contributed by atoms with E-state index in [-0.39, 0.29) is 5.12 Å². The zero-order chi connectivity index (χ0) is 9.23. The summed E-state index contributed by atoms with van der Waals surface area (Å²) >= 11 is 1.42. The molecule has 0 aliphatic rings. The molecule has 72 valence electrons. The quantitative estimate of drug-likeness (QED) is 0.577. The second-order valence-electron chi connectivity index (χ2n) is 2.54. The molecule has 0 amide bonds. The van der Waals surface area contributed by atoms with Crippen LogP contribution < -0.4 is 0 Å². The molecule has 0 aromatic heterocycles. The van der Waals surface area contributed by atoms with Gasteiger partial charge in [-0.3, -0.25) is 4.79 Å². The maximum Gasteiger partial charge on any atom is 0.188 e. The molecule has 0 N–H and O–H groups in total. The second-order valence-corrected chi connectivity index (χ2v) is 3.69. The molecule has 0 atom stereocenters. The van der Waals surface area contributed by atoms with Gasteiger partial charge < -0.3 is 4.74 Å². The average Bonchev–Trinajstić information content (AvgIpc) is 2.10. The number of hydrogen-bond acceptors (Lipinski definition) is 3. The molecular weight excluding hydrogens is 172 g/mol. The number of hydrogen-bond donors (Lipinski definition) is 0. The van der Waals surface area contributed by atoms with Crippen LogP contribution in [-0.4, -0.2) is 24.1 Å². The van der Waals surface area contributed by atoms with Crippen LogP contribution in [0.3, 0.4) is 0 Å². The van der Waals surface area contributed by atoms with Crippen molar-refractivity contribution in [3.63, 3.8) is 0 Å². The summed E-state index contributed by atoms with van der Waals surface area (Å²) in [4.78, 5) is 10.8. The highest BCUT2D eigenvalue weighted by Crippen LogP contribution is 2.06. The van der Waals surface area contributed by atoms with Gasteiger partial charge in [-0.25, -0.2) is 0 Å². The van der Waals surface area contributed by atoms with Crippen molar-refractivity contribution in [2.75, 3.05) is 19.0 Å². The Bertz CT molecular complexity index is 115. The maximum atomic E-state index is 10.8. The molecule has 0 saturated heterocycles. The Balaban J connectivity index is 2.95. The predicted molar refractivity (Wildman–Crippen MR) is 53.5 cm³/mol. The van der Waals surface area contributed by atoms with Crippen molar-refractivity contribution >= 4 is 16.9 Å². The predicted octanol–water partition coefficient (Wildman–Crippen LogP) is 2.47. The third-order valence-electron chi connectivity index (χ3n) is 1.33. The zero-order valence-corrected chi connectivity index (χ0v) is 8.78. The van der Waals surface area contributed by atoms with Crippen molar-refractivity contribution in [2.24, 2.45) is 0 Å². The van der Waals surface area contributed by atoms with E-state index in [4.69, 9.17) is 4.74 Å². The number of carbonyl (C=O) groups excluding carboxylic acids is 1. The summed E-state index contributed by atoms with van der Waals surface area (Å²) in [5, 5.41) is 0.283. The van der Waals surface area contributed by atoms with Crippen LogP contribution in [-0.2, 0) is 9.53 Å². The minimum Gasteiger partial charge on any atom is -0.381 e. The minimum atomic E-state index is 0.283. The smallest absolute Gasteiger partial charge is 0.188 e. The highest BCUT2D eigenvalue weighted by molar-refractivity contribution is 8.13. The molecule has 0 rings (SSSR count). The first-order chi connectivity index (χ1) is 5.81. The lowest BCUT2D eigenvalue weighted by molar-refractivity contribution is -0.110. The molecule has 0 unspecified atom stereocenters. The fourth-order valence-electron chi connectivity index (χ4n) is 0.695. The van der Waals surface area contributed by atoms with E-state index in [1.807, 2.05) is 6.92 Å². The van der Waals surface area contributed by atoms with E-state index in [9.17, 15) is 4.79 Å². The molecule has 0 aromatic carbocycles. The Labute approximate surface area is 79.1 Å². The molecule has 0 radical (unpaired) electrons. The summed E-state index contributed by atoms with van der Waals surface area (Å²) in [6, 6.07) is 0. The van der Waals surface area contributed by atoms with Crippen LogP contribution in [0.4, 0.5) is 0 Å². The fraction of sp³-hybridized carbons (Fsp3) is 0.889. The van der Waals surface area contributed by atoms with Crippen molar-refractivity contribution in [3.8, 4) is 0 Å². The van der Waals surface area contributed by atoms with Gasteiger partial charge in [-0.05, 0) is 12.8 Å². The van der Waals surface area contributed by atoms with Gasteiger partial charge in [-0.2, -0.15) is 0 Å². The number of rotatable bonds is 7. The van der Waals surface area contributed by atoms with Crippen LogP contribution >= 0.6 is 11.8 Å².